The summed E-state index contributed by atoms with van der Waals surface area (Å²) >= 11 is 0. The number of amides is 2. The zero-order valence-electron chi connectivity index (χ0n) is 16.3. The first-order valence-electron chi connectivity index (χ1n) is 9.13. The number of ether oxygens (including phenoxy) is 1. The van der Waals surface area contributed by atoms with E-state index in [2.05, 4.69) is 5.32 Å². The third-order valence-corrected chi connectivity index (χ3v) is 5.91. The lowest BCUT2D eigenvalue weighted by atomic mass is 9.78. The van der Waals surface area contributed by atoms with Gasteiger partial charge in [0.2, 0.25) is 11.8 Å². The first kappa shape index (κ1) is 19.5. The van der Waals surface area contributed by atoms with Crippen LogP contribution in [-0.2, 0) is 19.1 Å². The number of aryl methyl sites for hydroxylation is 3. The minimum atomic E-state index is -1.63. The summed E-state index contributed by atoms with van der Waals surface area (Å²) in [6, 6.07) is 3.46. The molecule has 27 heavy (non-hydrogen) atoms. The Morgan fingerprint density at radius 3 is 2.30 bits per heavy atom. The van der Waals surface area contributed by atoms with Gasteiger partial charge < -0.3 is 9.84 Å². The summed E-state index contributed by atoms with van der Waals surface area (Å²) in [7, 11) is 1.21. The highest BCUT2D eigenvalue weighted by molar-refractivity contribution is 6.09. The van der Waals surface area contributed by atoms with Gasteiger partial charge in [-0.3, -0.25) is 19.8 Å². The number of nitrogens with zero attached hydrogens (tertiary/aromatic N) is 1. The lowest BCUT2D eigenvalue weighted by molar-refractivity contribution is -0.156. The molecule has 2 amide bonds. The average molecular weight is 374 g/mol. The number of hydrogen-bond donors (Lipinski definition) is 2. The summed E-state index contributed by atoms with van der Waals surface area (Å²) in [5, 5.41) is 13.3. The summed E-state index contributed by atoms with van der Waals surface area (Å²) in [5.74, 6) is -3.24. The molecule has 3 rings (SSSR count). The zero-order chi connectivity index (χ0) is 20.1. The van der Waals surface area contributed by atoms with Gasteiger partial charge in [-0.25, -0.2) is 4.79 Å². The number of rotatable bonds is 4. The van der Waals surface area contributed by atoms with E-state index in [0.29, 0.717) is 0 Å². The summed E-state index contributed by atoms with van der Waals surface area (Å²) < 4.78 is 4.91. The largest absolute Gasteiger partial charge is 0.468 e. The molecule has 2 aliphatic rings. The highest BCUT2D eigenvalue weighted by atomic mass is 16.5. The number of carbonyl (C=O) groups is 3. The van der Waals surface area contributed by atoms with Crippen LogP contribution >= 0.6 is 0 Å². The second-order valence-corrected chi connectivity index (χ2v) is 7.48. The Morgan fingerprint density at radius 2 is 1.81 bits per heavy atom. The van der Waals surface area contributed by atoms with Gasteiger partial charge in [-0.15, -0.1) is 0 Å². The van der Waals surface area contributed by atoms with E-state index in [1.165, 1.54) is 12.0 Å². The van der Waals surface area contributed by atoms with E-state index in [4.69, 9.17) is 4.74 Å². The van der Waals surface area contributed by atoms with Crippen molar-refractivity contribution in [1.29, 1.82) is 0 Å². The maximum absolute atomic E-state index is 13.0. The van der Waals surface area contributed by atoms with Crippen LogP contribution in [0.5, 0.6) is 0 Å². The molecule has 0 spiro atoms. The molecule has 1 aromatic carbocycles. The number of imide groups is 1. The predicted molar refractivity (Wildman–Crippen MR) is 97.7 cm³/mol. The second kappa shape index (κ2) is 6.73. The van der Waals surface area contributed by atoms with Crippen LogP contribution in [0.1, 0.15) is 35.2 Å². The van der Waals surface area contributed by atoms with Crippen molar-refractivity contribution in [2.75, 3.05) is 20.3 Å². The zero-order valence-corrected chi connectivity index (χ0v) is 16.3. The summed E-state index contributed by atoms with van der Waals surface area (Å²) in [5.41, 5.74) is 2.28. The van der Waals surface area contributed by atoms with Crippen molar-refractivity contribution in [2.24, 2.45) is 11.8 Å². The molecule has 2 N–H and O–H groups in total. The number of methoxy groups -OCH3 is 1. The molecule has 2 aliphatic heterocycles. The molecule has 7 heteroatoms. The first-order chi connectivity index (χ1) is 12.7. The number of esters is 1. The van der Waals surface area contributed by atoms with Crippen molar-refractivity contribution >= 4 is 17.8 Å². The SMILES string of the molecule is CCN1C(=O)[C@H]2[C@@H](c3c(C)cc(C)cc3C)N[C@@](CO)(C(=O)OC)[C@H]2C1=O. The Balaban J connectivity index is 2.22. The number of hydrogen-bond acceptors (Lipinski definition) is 6. The Bertz CT molecular complexity index is 798. The lowest BCUT2D eigenvalue weighted by Crippen LogP contribution is -2.58. The Kier molecular flexibility index (Phi) is 4.86. The van der Waals surface area contributed by atoms with Crippen LogP contribution in [0.2, 0.25) is 0 Å². The van der Waals surface area contributed by atoms with E-state index in [0.717, 1.165) is 22.3 Å². The van der Waals surface area contributed by atoms with Gasteiger partial charge in [-0.2, -0.15) is 0 Å². The number of aliphatic hydroxyl groups is 1. The van der Waals surface area contributed by atoms with Crippen molar-refractivity contribution < 1.29 is 24.2 Å². The molecule has 0 aliphatic carbocycles. The smallest absolute Gasteiger partial charge is 0.329 e. The minimum absolute atomic E-state index is 0.228. The molecule has 0 radical (unpaired) electrons. The molecule has 7 nitrogen and oxygen atoms in total. The first-order valence-corrected chi connectivity index (χ1v) is 9.13. The monoisotopic (exact) mass is 374 g/mol. The molecule has 0 saturated carbocycles. The van der Waals surface area contributed by atoms with Gasteiger partial charge in [0.15, 0.2) is 5.54 Å². The molecule has 146 valence electrons. The molecule has 0 aromatic heterocycles. The second-order valence-electron chi connectivity index (χ2n) is 7.48. The summed E-state index contributed by atoms with van der Waals surface area (Å²) in [6.07, 6.45) is 0. The molecule has 2 fully saturated rings. The normalized spacial score (nSPS) is 30.0. The van der Waals surface area contributed by atoms with Gasteiger partial charge in [-0.05, 0) is 44.4 Å². The fourth-order valence-electron chi connectivity index (χ4n) is 4.88. The average Bonchev–Trinajstić information content (AvgIpc) is 3.08. The maximum Gasteiger partial charge on any atom is 0.329 e. The Morgan fingerprint density at radius 1 is 1.22 bits per heavy atom. The van der Waals surface area contributed by atoms with Crippen LogP contribution in [0, 0.1) is 32.6 Å². The quantitative estimate of drug-likeness (QED) is 0.597. The molecule has 4 atom stereocenters. The standard InChI is InChI=1S/C20H26N2O5/c1-6-22-17(24)14-15(18(22)25)20(9-23,19(26)27-5)21-16(14)13-11(3)7-10(2)8-12(13)4/h7-8,14-16,21,23H,6,9H2,1-5H3/t14-,15-,16-,20-/m1/s1. The number of carbonyl (C=O) groups excluding carboxylic acids is 3. The number of aliphatic hydroxyl groups excluding tert-OH is 1. The van der Waals surface area contributed by atoms with Gasteiger partial charge in [0.25, 0.3) is 0 Å². The molecule has 2 saturated heterocycles. The Labute approximate surface area is 158 Å². The highest BCUT2D eigenvalue weighted by Crippen LogP contribution is 2.50. The van der Waals surface area contributed by atoms with Crippen LogP contribution in [0.3, 0.4) is 0 Å². The fourth-order valence-corrected chi connectivity index (χ4v) is 4.88. The van der Waals surface area contributed by atoms with Gasteiger partial charge in [0.1, 0.15) is 0 Å². The lowest BCUT2D eigenvalue weighted by Gasteiger charge is -2.31. The van der Waals surface area contributed by atoms with Gasteiger partial charge in [-0.1, -0.05) is 17.7 Å². The number of nitrogens with one attached hydrogen (secondary N) is 1. The van der Waals surface area contributed by atoms with Gasteiger partial charge in [0.05, 0.1) is 25.6 Å². The fraction of sp³-hybridized carbons (Fsp3) is 0.550. The van der Waals surface area contributed by atoms with E-state index >= 15 is 0 Å². The van der Waals surface area contributed by atoms with E-state index < -0.39 is 41.9 Å². The predicted octanol–water partition coefficient (Wildman–Crippen LogP) is 0.781. The molecular formula is C20H26N2O5. The maximum atomic E-state index is 13.0. The Hall–Kier alpha value is -2.25. The number of benzene rings is 1. The van der Waals surface area contributed by atoms with Crippen molar-refractivity contribution in [1.82, 2.24) is 10.2 Å². The minimum Gasteiger partial charge on any atom is -0.468 e. The van der Waals surface area contributed by atoms with Crippen LogP contribution < -0.4 is 5.32 Å². The van der Waals surface area contributed by atoms with E-state index in [1.807, 2.05) is 32.9 Å². The molecule has 0 unspecified atom stereocenters. The van der Waals surface area contributed by atoms with Crippen molar-refractivity contribution in [3.05, 3.63) is 34.4 Å². The summed E-state index contributed by atoms with van der Waals surface area (Å²) in [4.78, 5) is 39.8. The number of likely N-dealkylation sites (tertiary alicyclic amines) is 1. The van der Waals surface area contributed by atoms with Crippen molar-refractivity contribution in [3.8, 4) is 0 Å². The van der Waals surface area contributed by atoms with Crippen molar-refractivity contribution in [2.45, 2.75) is 39.3 Å². The molecule has 1 aromatic rings. The van der Waals surface area contributed by atoms with Crippen LogP contribution in [0.25, 0.3) is 0 Å². The molecular weight excluding hydrogens is 348 g/mol. The van der Waals surface area contributed by atoms with E-state index in [1.54, 1.807) is 6.92 Å². The molecule has 2 heterocycles. The number of fused-ring (bicyclic) bond motifs is 1. The van der Waals surface area contributed by atoms with Gasteiger partial charge >= 0.3 is 5.97 Å². The summed E-state index contributed by atoms with van der Waals surface area (Å²) in [6.45, 7) is 7.21. The van der Waals surface area contributed by atoms with Gasteiger partial charge in [0, 0.05) is 12.6 Å². The third kappa shape index (κ3) is 2.60. The highest BCUT2D eigenvalue weighted by Gasteiger charge is 2.68. The van der Waals surface area contributed by atoms with Crippen LogP contribution in [0.15, 0.2) is 12.1 Å². The van der Waals surface area contributed by atoms with Crippen LogP contribution in [-0.4, -0.2) is 53.6 Å². The topological polar surface area (TPSA) is 95.9 Å². The third-order valence-electron chi connectivity index (χ3n) is 5.91. The van der Waals surface area contributed by atoms with Crippen molar-refractivity contribution in [3.63, 3.8) is 0 Å². The van der Waals surface area contributed by atoms with E-state index in [9.17, 15) is 19.5 Å². The molecule has 0 bridgehead atoms. The van der Waals surface area contributed by atoms with Crippen LogP contribution in [0.4, 0.5) is 0 Å². The van der Waals surface area contributed by atoms with E-state index in [-0.39, 0.29) is 12.5 Å².